The van der Waals surface area contributed by atoms with Gasteiger partial charge in [0, 0.05) is 35.8 Å². The monoisotopic (exact) mass is 356 g/mol. The summed E-state index contributed by atoms with van der Waals surface area (Å²) in [6.45, 7) is 3.69. The van der Waals surface area contributed by atoms with Crippen LogP contribution in [0.25, 0.3) is 10.9 Å². The number of hydrogen-bond acceptors (Lipinski definition) is 4. The molecule has 0 saturated heterocycles. The minimum atomic E-state index is -0.628. The zero-order chi connectivity index (χ0) is 17.8. The average Bonchev–Trinajstić information content (AvgIpc) is 3.18. The number of benzene rings is 1. The van der Waals surface area contributed by atoms with E-state index in [-0.39, 0.29) is 11.8 Å². The van der Waals surface area contributed by atoms with Gasteiger partial charge >= 0.3 is 0 Å². The van der Waals surface area contributed by atoms with Gasteiger partial charge in [-0.3, -0.25) is 9.59 Å². The second kappa shape index (κ2) is 7.48. The summed E-state index contributed by atoms with van der Waals surface area (Å²) < 4.78 is 0. The molecule has 3 N–H and O–H groups in total. The Hall–Kier alpha value is -2.67. The van der Waals surface area contributed by atoms with E-state index in [1.165, 1.54) is 6.92 Å². The number of thiazole rings is 1. The number of aromatic nitrogens is 2. The van der Waals surface area contributed by atoms with E-state index in [2.05, 4.69) is 20.6 Å². The van der Waals surface area contributed by atoms with Crippen LogP contribution >= 0.6 is 11.3 Å². The minimum absolute atomic E-state index is 0.217. The summed E-state index contributed by atoms with van der Waals surface area (Å²) in [5, 5.41) is 9.54. The highest BCUT2D eigenvalue weighted by Crippen LogP contribution is 2.19. The number of H-pyrrole nitrogens is 1. The molecule has 6 nitrogen and oxygen atoms in total. The van der Waals surface area contributed by atoms with Crippen LogP contribution in [-0.2, 0) is 22.6 Å². The zero-order valence-corrected chi connectivity index (χ0v) is 14.9. The van der Waals surface area contributed by atoms with Gasteiger partial charge in [-0.05, 0) is 18.6 Å². The lowest BCUT2D eigenvalue weighted by atomic mass is 10.0. The van der Waals surface area contributed by atoms with Crippen LogP contribution in [0.2, 0.25) is 0 Å². The van der Waals surface area contributed by atoms with Crippen molar-refractivity contribution in [1.29, 1.82) is 0 Å². The topological polar surface area (TPSA) is 86.9 Å². The smallest absolute Gasteiger partial charge is 0.243 e. The van der Waals surface area contributed by atoms with Crippen molar-refractivity contribution in [1.82, 2.24) is 20.6 Å². The fourth-order valence-electron chi connectivity index (χ4n) is 2.77. The molecular weight excluding hydrogens is 336 g/mol. The third-order valence-electron chi connectivity index (χ3n) is 3.90. The number of carbonyl (C=O) groups is 2. The molecule has 0 fully saturated rings. The van der Waals surface area contributed by atoms with Gasteiger partial charge in [-0.1, -0.05) is 18.2 Å². The van der Waals surface area contributed by atoms with Gasteiger partial charge in [-0.25, -0.2) is 4.98 Å². The van der Waals surface area contributed by atoms with Crippen LogP contribution in [0, 0.1) is 6.92 Å². The van der Waals surface area contributed by atoms with Crippen molar-refractivity contribution in [3.05, 3.63) is 52.1 Å². The molecule has 25 heavy (non-hydrogen) atoms. The lowest BCUT2D eigenvalue weighted by Crippen LogP contribution is -2.47. The first-order valence-electron chi connectivity index (χ1n) is 8.03. The van der Waals surface area contributed by atoms with Crippen molar-refractivity contribution >= 4 is 34.1 Å². The van der Waals surface area contributed by atoms with Gasteiger partial charge < -0.3 is 15.6 Å². The molecule has 2 heterocycles. The van der Waals surface area contributed by atoms with Crippen LogP contribution in [0.4, 0.5) is 0 Å². The second-order valence-corrected chi connectivity index (χ2v) is 6.95. The largest absolute Gasteiger partial charge is 0.361 e. The molecule has 0 aliphatic rings. The van der Waals surface area contributed by atoms with Gasteiger partial charge in [0.25, 0.3) is 0 Å². The lowest BCUT2D eigenvalue weighted by Gasteiger charge is -2.17. The van der Waals surface area contributed by atoms with E-state index in [1.807, 2.05) is 42.8 Å². The molecule has 0 radical (unpaired) electrons. The lowest BCUT2D eigenvalue weighted by molar-refractivity contribution is -0.128. The number of hydrogen-bond donors (Lipinski definition) is 3. The standard InChI is InChI=1S/C18H20N4O2S/c1-11(23)21-17(18(24)20-9-14-10-25-12(2)22-14)7-13-8-19-16-6-4-3-5-15(13)16/h3-6,8,10,17,19H,7,9H2,1-2H3,(H,20,24)(H,21,23)/t17-/m0/s1. The van der Waals surface area contributed by atoms with Crippen LogP contribution in [0.15, 0.2) is 35.8 Å². The fraction of sp³-hybridized carbons (Fsp3) is 0.278. The summed E-state index contributed by atoms with van der Waals surface area (Å²) in [6, 6.07) is 7.27. The maximum absolute atomic E-state index is 12.6. The number of aryl methyl sites for hydroxylation is 1. The first kappa shape index (κ1) is 17.2. The van der Waals surface area contributed by atoms with Gasteiger partial charge in [0.15, 0.2) is 0 Å². The summed E-state index contributed by atoms with van der Waals surface area (Å²) in [7, 11) is 0. The minimum Gasteiger partial charge on any atom is -0.361 e. The van der Waals surface area contributed by atoms with E-state index in [0.29, 0.717) is 13.0 Å². The molecule has 130 valence electrons. The summed E-state index contributed by atoms with van der Waals surface area (Å²) >= 11 is 1.54. The number of amides is 2. The molecule has 0 aliphatic heterocycles. The molecule has 7 heteroatoms. The normalized spacial score (nSPS) is 12.1. The number of carbonyl (C=O) groups excluding carboxylic acids is 2. The predicted molar refractivity (Wildman–Crippen MR) is 98.3 cm³/mol. The van der Waals surface area contributed by atoms with E-state index < -0.39 is 6.04 Å². The molecule has 1 atom stereocenters. The number of aromatic amines is 1. The van der Waals surface area contributed by atoms with Gasteiger partial charge in [0.05, 0.1) is 17.2 Å². The highest BCUT2D eigenvalue weighted by atomic mass is 32.1. The van der Waals surface area contributed by atoms with Crippen LogP contribution in [0.1, 0.15) is 23.2 Å². The number of nitrogens with one attached hydrogen (secondary N) is 3. The third-order valence-corrected chi connectivity index (χ3v) is 4.73. The molecule has 3 rings (SSSR count). The van der Waals surface area contributed by atoms with Crippen LogP contribution in [-0.4, -0.2) is 27.8 Å². The Balaban J connectivity index is 1.72. The highest BCUT2D eigenvalue weighted by molar-refractivity contribution is 7.09. The molecule has 0 spiro atoms. The predicted octanol–water partition coefficient (Wildman–Crippen LogP) is 2.30. The Kier molecular flexibility index (Phi) is 5.14. The first-order valence-corrected chi connectivity index (χ1v) is 8.91. The molecule has 3 aromatic rings. The number of rotatable bonds is 6. The van der Waals surface area contributed by atoms with E-state index in [0.717, 1.165) is 27.2 Å². The van der Waals surface area contributed by atoms with Crippen molar-refractivity contribution < 1.29 is 9.59 Å². The van der Waals surface area contributed by atoms with Crippen molar-refractivity contribution in [2.24, 2.45) is 0 Å². The van der Waals surface area contributed by atoms with Crippen molar-refractivity contribution in [2.45, 2.75) is 32.9 Å². The van der Waals surface area contributed by atoms with Crippen molar-refractivity contribution in [2.75, 3.05) is 0 Å². The van der Waals surface area contributed by atoms with Gasteiger partial charge in [-0.2, -0.15) is 0 Å². The highest BCUT2D eigenvalue weighted by Gasteiger charge is 2.21. The van der Waals surface area contributed by atoms with Gasteiger partial charge in [-0.15, -0.1) is 11.3 Å². The molecule has 2 aromatic heterocycles. The molecule has 1 aromatic carbocycles. The summed E-state index contributed by atoms with van der Waals surface area (Å²) in [5.41, 5.74) is 2.83. The van der Waals surface area contributed by atoms with E-state index in [4.69, 9.17) is 0 Å². The third kappa shape index (κ3) is 4.24. The Labute approximate surface area is 149 Å². The Morgan fingerprint density at radius 1 is 1.32 bits per heavy atom. The Morgan fingerprint density at radius 2 is 2.12 bits per heavy atom. The quantitative estimate of drug-likeness (QED) is 0.633. The fourth-order valence-corrected chi connectivity index (χ4v) is 3.38. The summed E-state index contributed by atoms with van der Waals surface area (Å²) in [4.78, 5) is 31.6. The maximum atomic E-state index is 12.6. The van der Waals surface area contributed by atoms with E-state index >= 15 is 0 Å². The summed E-state index contributed by atoms with van der Waals surface area (Å²) in [6.07, 6.45) is 2.31. The van der Waals surface area contributed by atoms with Gasteiger partial charge in [0.1, 0.15) is 6.04 Å². The van der Waals surface area contributed by atoms with E-state index in [9.17, 15) is 9.59 Å². The van der Waals surface area contributed by atoms with Gasteiger partial charge in [0.2, 0.25) is 11.8 Å². The Morgan fingerprint density at radius 3 is 2.84 bits per heavy atom. The first-order chi connectivity index (χ1) is 12.0. The SMILES string of the molecule is CC(=O)N[C@@H](Cc1c[nH]c2ccccc12)C(=O)NCc1csc(C)n1. The van der Waals surface area contributed by atoms with E-state index in [1.54, 1.807) is 11.3 Å². The summed E-state index contributed by atoms with van der Waals surface area (Å²) in [5.74, 6) is -0.448. The average molecular weight is 356 g/mol. The maximum Gasteiger partial charge on any atom is 0.243 e. The number of para-hydroxylation sites is 1. The molecule has 0 unspecified atom stereocenters. The zero-order valence-electron chi connectivity index (χ0n) is 14.1. The van der Waals surface area contributed by atoms with Crippen LogP contribution < -0.4 is 10.6 Å². The molecule has 2 amide bonds. The van der Waals surface area contributed by atoms with Crippen LogP contribution in [0.5, 0.6) is 0 Å². The van der Waals surface area contributed by atoms with Crippen molar-refractivity contribution in [3.63, 3.8) is 0 Å². The molecule has 0 saturated carbocycles. The van der Waals surface area contributed by atoms with Crippen LogP contribution in [0.3, 0.4) is 0 Å². The van der Waals surface area contributed by atoms with Crippen molar-refractivity contribution in [3.8, 4) is 0 Å². The molecular formula is C18H20N4O2S. The number of nitrogens with zero attached hydrogens (tertiary/aromatic N) is 1. The Bertz CT molecular complexity index is 899. The molecule has 0 aliphatic carbocycles. The molecule has 0 bridgehead atoms. The number of fused-ring (bicyclic) bond motifs is 1. The second-order valence-electron chi connectivity index (χ2n) is 5.89.